The van der Waals surface area contributed by atoms with Crippen molar-refractivity contribution in [3.63, 3.8) is 0 Å². The Bertz CT molecular complexity index is 990. The monoisotopic (exact) mass is 520 g/mol. The molecule has 7 heteroatoms. The Morgan fingerprint density at radius 2 is 1.75 bits per heavy atom. The first-order chi connectivity index (χ1) is 13.5. The molecule has 0 radical (unpaired) electrons. The molecular weight excluding hydrogens is 508 g/mol. The van der Waals surface area contributed by atoms with E-state index in [9.17, 15) is 4.79 Å². The number of nitrogens with zero attached hydrogens (tertiary/aromatic N) is 1. The highest BCUT2D eigenvalue weighted by molar-refractivity contribution is 9.11. The molecule has 0 aliphatic rings. The van der Waals surface area contributed by atoms with Crippen LogP contribution in [0.4, 0.5) is 0 Å². The van der Waals surface area contributed by atoms with Gasteiger partial charge in [-0.05, 0) is 66.2 Å². The number of carbonyl (C=O) groups excluding carboxylic acids is 1. The van der Waals surface area contributed by atoms with E-state index in [0.29, 0.717) is 17.2 Å². The predicted octanol–water partition coefficient (Wildman–Crippen LogP) is 6.21. The zero-order valence-electron chi connectivity index (χ0n) is 14.5. The van der Waals surface area contributed by atoms with E-state index in [0.717, 1.165) is 25.8 Å². The quantitative estimate of drug-likeness (QED) is 0.309. The lowest BCUT2D eigenvalue weighted by molar-refractivity contribution is 0.0955. The number of amides is 1. The van der Waals surface area contributed by atoms with E-state index in [1.54, 1.807) is 30.5 Å². The Morgan fingerprint density at radius 3 is 2.43 bits per heavy atom. The second-order valence-corrected chi connectivity index (χ2v) is 8.01. The number of rotatable bonds is 6. The summed E-state index contributed by atoms with van der Waals surface area (Å²) in [6, 6.07) is 20.0. The molecule has 1 amide bonds. The van der Waals surface area contributed by atoms with E-state index >= 15 is 0 Å². The third-order valence-electron chi connectivity index (χ3n) is 3.78. The molecule has 0 aliphatic carbocycles. The van der Waals surface area contributed by atoms with Crippen molar-refractivity contribution in [3.8, 4) is 5.75 Å². The smallest absolute Gasteiger partial charge is 0.271 e. The summed E-state index contributed by atoms with van der Waals surface area (Å²) in [5, 5.41) is 4.55. The summed E-state index contributed by atoms with van der Waals surface area (Å²) >= 11 is 12.8. The molecule has 4 nitrogen and oxygen atoms in total. The van der Waals surface area contributed by atoms with Gasteiger partial charge in [-0.3, -0.25) is 4.79 Å². The number of hydrogen-bond donors (Lipinski definition) is 1. The van der Waals surface area contributed by atoms with Crippen molar-refractivity contribution in [2.24, 2.45) is 5.10 Å². The zero-order chi connectivity index (χ0) is 19.9. The van der Waals surface area contributed by atoms with Crippen LogP contribution in [0.1, 0.15) is 21.5 Å². The lowest BCUT2D eigenvalue weighted by Crippen LogP contribution is -2.17. The summed E-state index contributed by atoms with van der Waals surface area (Å²) in [4.78, 5) is 12.0. The van der Waals surface area contributed by atoms with Gasteiger partial charge in [0, 0.05) is 25.1 Å². The minimum atomic E-state index is -0.298. The van der Waals surface area contributed by atoms with Gasteiger partial charge in [0.25, 0.3) is 5.91 Å². The highest BCUT2D eigenvalue weighted by atomic mass is 79.9. The van der Waals surface area contributed by atoms with E-state index in [-0.39, 0.29) is 5.91 Å². The van der Waals surface area contributed by atoms with Gasteiger partial charge >= 0.3 is 0 Å². The third-order valence-corrected chi connectivity index (χ3v) is 5.26. The predicted molar refractivity (Wildman–Crippen MR) is 119 cm³/mol. The lowest BCUT2D eigenvalue weighted by Gasteiger charge is -2.08. The van der Waals surface area contributed by atoms with E-state index in [2.05, 4.69) is 42.4 Å². The fraction of sp³-hybridized carbons (Fsp3) is 0.0476. The zero-order valence-corrected chi connectivity index (χ0v) is 18.5. The molecule has 0 saturated carbocycles. The summed E-state index contributed by atoms with van der Waals surface area (Å²) in [6.45, 7) is 0.457. The summed E-state index contributed by atoms with van der Waals surface area (Å²) in [5.41, 5.74) is 4.87. The molecule has 0 bridgehead atoms. The minimum Gasteiger partial charge on any atom is -0.489 e. The van der Waals surface area contributed by atoms with Crippen LogP contribution >= 0.6 is 43.5 Å². The Kier molecular flexibility index (Phi) is 7.25. The van der Waals surface area contributed by atoms with Crippen LogP contribution in [-0.2, 0) is 6.61 Å². The number of carbonyl (C=O) groups is 1. The molecule has 3 aromatic carbocycles. The van der Waals surface area contributed by atoms with Crippen molar-refractivity contribution >= 4 is 55.6 Å². The topological polar surface area (TPSA) is 50.7 Å². The number of ether oxygens (including phenoxy) is 1. The number of nitrogens with one attached hydrogen (secondary N) is 1. The van der Waals surface area contributed by atoms with Crippen molar-refractivity contribution in [1.29, 1.82) is 0 Å². The average Bonchev–Trinajstić information content (AvgIpc) is 2.69. The number of hydrazone groups is 1. The van der Waals surface area contributed by atoms with Gasteiger partial charge < -0.3 is 4.74 Å². The van der Waals surface area contributed by atoms with Crippen molar-refractivity contribution < 1.29 is 9.53 Å². The van der Waals surface area contributed by atoms with E-state index in [1.807, 2.05) is 42.5 Å². The molecule has 0 aliphatic heterocycles. The molecule has 1 N–H and O–H groups in total. The van der Waals surface area contributed by atoms with Crippen LogP contribution in [0.25, 0.3) is 0 Å². The second-order valence-electron chi connectivity index (χ2n) is 5.80. The van der Waals surface area contributed by atoms with E-state index < -0.39 is 0 Å². The first-order valence-corrected chi connectivity index (χ1v) is 10.2. The van der Waals surface area contributed by atoms with Crippen LogP contribution in [0.2, 0.25) is 5.02 Å². The highest BCUT2D eigenvalue weighted by Gasteiger charge is 2.04. The van der Waals surface area contributed by atoms with E-state index in [1.165, 1.54) is 0 Å². The van der Waals surface area contributed by atoms with Gasteiger partial charge in [0.2, 0.25) is 0 Å². The van der Waals surface area contributed by atoms with Crippen LogP contribution in [0, 0.1) is 0 Å². The van der Waals surface area contributed by atoms with Gasteiger partial charge in [0.05, 0.1) is 6.21 Å². The van der Waals surface area contributed by atoms with Crippen LogP contribution < -0.4 is 10.2 Å². The van der Waals surface area contributed by atoms with Crippen molar-refractivity contribution in [1.82, 2.24) is 5.43 Å². The molecule has 0 heterocycles. The van der Waals surface area contributed by atoms with Gasteiger partial charge in [-0.2, -0.15) is 5.10 Å². The van der Waals surface area contributed by atoms with E-state index in [4.69, 9.17) is 16.3 Å². The maximum atomic E-state index is 12.0. The molecular formula is C21H15Br2ClN2O2. The fourth-order valence-corrected chi connectivity index (χ4v) is 3.57. The Labute approximate surface area is 184 Å². The van der Waals surface area contributed by atoms with Gasteiger partial charge in [0.1, 0.15) is 12.4 Å². The molecule has 0 fully saturated rings. The van der Waals surface area contributed by atoms with Gasteiger partial charge in [-0.25, -0.2) is 5.43 Å². The summed E-state index contributed by atoms with van der Waals surface area (Å²) in [6.07, 6.45) is 1.57. The van der Waals surface area contributed by atoms with Crippen molar-refractivity contribution in [3.05, 3.63) is 97.4 Å². The number of hydrogen-bond acceptors (Lipinski definition) is 3. The Balaban J connectivity index is 1.53. The third kappa shape index (κ3) is 5.92. The highest BCUT2D eigenvalue weighted by Crippen LogP contribution is 2.23. The first kappa shape index (κ1) is 20.6. The van der Waals surface area contributed by atoms with Gasteiger partial charge in [-0.1, -0.05) is 49.5 Å². The summed E-state index contributed by atoms with van der Waals surface area (Å²) in [7, 11) is 0. The molecule has 0 atom stereocenters. The first-order valence-electron chi connectivity index (χ1n) is 8.27. The average molecular weight is 523 g/mol. The SMILES string of the molecule is O=C(N/N=C\c1ccc(OCc2ccc(Br)cc2Br)cc1)c1ccc(Cl)cc1. The maximum absolute atomic E-state index is 12.0. The van der Waals surface area contributed by atoms with Crippen LogP contribution in [-0.4, -0.2) is 12.1 Å². The fourth-order valence-electron chi connectivity index (χ4n) is 2.28. The van der Waals surface area contributed by atoms with Crippen LogP contribution in [0.5, 0.6) is 5.75 Å². The van der Waals surface area contributed by atoms with Gasteiger partial charge in [0.15, 0.2) is 0 Å². The molecule has 0 spiro atoms. The number of halogens is 3. The van der Waals surface area contributed by atoms with Crippen LogP contribution in [0.3, 0.4) is 0 Å². The molecule has 0 aromatic heterocycles. The molecule has 28 heavy (non-hydrogen) atoms. The normalized spacial score (nSPS) is 10.8. The molecule has 3 rings (SSSR count). The number of benzene rings is 3. The second kappa shape index (κ2) is 9.87. The van der Waals surface area contributed by atoms with Crippen molar-refractivity contribution in [2.75, 3.05) is 0 Å². The standard InChI is InChI=1S/C21H15Br2ClN2O2/c22-17-6-3-16(20(23)11-17)13-28-19-9-1-14(2-10-19)12-25-26-21(27)15-4-7-18(24)8-5-15/h1-12H,13H2,(H,26,27)/b25-12-. The van der Waals surface area contributed by atoms with Gasteiger partial charge in [-0.15, -0.1) is 0 Å². The molecule has 142 valence electrons. The Morgan fingerprint density at radius 1 is 1.04 bits per heavy atom. The molecule has 3 aromatic rings. The lowest BCUT2D eigenvalue weighted by atomic mass is 10.2. The molecule has 0 saturated heterocycles. The Hall–Kier alpha value is -2.15. The largest absolute Gasteiger partial charge is 0.489 e. The summed E-state index contributed by atoms with van der Waals surface area (Å²) in [5.74, 6) is 0.449. The van der Waals surface area contributed by atoms with Crippen LogP contribution in [0.15, 0.2) is 80.8 Å². The minimum absolute atomic E-state index is 0.298. The maximum Gasteiger partial charge on any atom is 0.271 e. The van der Waals surface area contributed by atoms with Crippen molar-refractivity contribution in [2.45, 2.75) is 6.61 Å². The molecule has 0 unspecified atom stereocenters. The summed E-state index contributed by atoms with van der Waals surface area (Å²) < 4.78 is 7.80.